The predicted molar refractivity (Wildman–Crippen MR) is 105 cm³/mol. The van der Waals surface area contributed by atoms with E-state index in [0.717, 1.165) is 18.6 Å². The molecule has 4 aromatic rings. The number of rotatable bonds is 5. The van der Waals surface area contributed by atoms with Crippen LogP contribution in [0.15, 0.2) is 36.9 Å². The lowest BCUT2D eigenvalue weighted by Crippen LogP contribution is -2.09. The normalized spacial score (nSPS) is 10.7. The van der Waals surface area contributed by atoms with Crippen LogP contribution < -0.4 is 5.32 Å². The molecule has 0 bridgehead atoms. The number of nitrogens with one attached hydrogen (secondary N) is 1. The van der Waals surface area contributed by atoms with Crippen LogP contribution in [0, 0.1) is 5.92 Å². The Morgan fingerprint density at radius 1 is 1.00 bits per heavy atom. The van der Waals surface area contributed by atoms with Crippen molar-refractivity contribution in [1.29, 1.82) is 0 Å². The van der Waals surface area contributed by atoms with Crippen LogP contribution in [0.1, 0.15) is 34.6 Å². The highest BCUT2D eigenvalue weighted by atomic mass is 35.5. The fourth-order valence-corrected chi connectivity index (χ4v) is 2.46. The van der Waals surface area contributed by atoms with Crippen LogP contribution in [0.25, 0.3) is 11.3 Å². The van der Waals surface area contributed by atoms with Gasteiger partial charge in [-0.2, -0.15) is 10.2 Å². The second-order valence-corrected chi connectivity index (χ2v) is 6.70. The Balaban J connectivity index is 0.000000167. The molecule has 4 heterocycles. The Hall–Kier alpha value is -3.33. The van der Waals surface area contributed by atoms with Crippen LogP contribution in [0.2, 0.25) is 5.15 Å². The van der Waals surface area contributed by atoms with Crippen molar-refractivity contribution in [3.8, 4) is 0 Å². The molecule has 0 aliphatic heterocycles. The standard InChI is InChI=1S/C11H14N4O.C7H4ClN3O/c1-8(2)5-12-10-3-4-15-11(14-10)9(7-16)6-13-15;8-6-1-2-11-7(10-6)5(4-12)3-9-11/h3-4,6-8H,5H2,1-2H3,(H,12,14);1-4H. The van der Waals surface area contributed by atoms with Gasteiger partial charge in [0.2, 0.25) is 0 Å². The van der Waals surface area contributed by atoms with Crippen molar-refractivity contribution < 1.29 is 9.59 Å². The zero-order valence-electron chi connectivity index (χ0n) is 15.3. The second kappa shape index (κ2) is 8.57. The summed E-state index contributed by atoms with van der Waals surface area (Å²) >= 11 is 5.64. The number of halogens is 1. The maximum atomic E-state index is 10.7. The van der Waals surface area contributed by atoms with Crippen LogP contribution in [-0.2, 0) is 0 Å². The van der Waals surface area contributed by atoms with E-state index in [2.05, 4.69) is 39.3 Å². The van der Waals surface area contributed by atoms with Crippen molar-refractivity contribution >= 4 is 41.3 Å². The van der Waals surface area contributed by atoms with Gasteiger partial charge in [0.05, 0.1) is 23.5 Å². The molecular formula is C18H18ClN7O2. The van der Waals surface area contributed by atoms with Gasteiger partial charge in [-0.1, -0.05) is 25.4 Å². The average molecular weight is 400 g/mol. The molecule has 0 saturated carbocycles. The van der Waals surface area contributed by atoms with E-state index >= 15 is 0 Å². The molecule has 0 unspecified atom stereocenters. The van der Waals surface area contributed by atoms with Crippen molar-refractivity contribution in [2.75, 3.05) is 11.9 Å². The van der Waals surface area contributed by atoms with E-state index in [4.69, 9.17) is 11.6 Å². The second-order valence-electron chi connectivity index (χ2n) is 6.31. The summed E-state index contributed by atoms with van der Waals surface area (Å²) in [5.74, 6) is 1.32. The van der Waals surface area contributed by atoms with Crippen LogP contribution in [0.5, 0.6) is 0 Å². The van der Waals surface area contributed by atoms with E-state index in [1.807, 2.05) is 6.07 Å². The van der Waals surface area contributed by atoms with E-state index in [1.165, 1.54) is 16.9 Å². The lowest BCUT2D eigenvalue weighted by atomic mass is 10.2. The van der Waals surface area contributed by atoms with Gasteiger partial charge < -0.3 is 5.32 Å². The Labute approximate surface area is 165 Å². The van der Waals surface area contributed by atoms with Gasteiger partial charge in [-0.05, 0) is 18.1 Å². The molecular weight excluding hydrogens is 382 g/mol. The maximum absolute atomic E-state index is 10.7. The molecule has 28 heavy (non-hydrogen) atoms. The smallest absolute Gasteiger partial charge is 0.167 e. The molecule has 0 amide bonds. The number of aldehydes is 2. The molecule has 4 rings (SSSR count). The Bertz CT molecular complexity index is 1120. The van der Waals surface area contributed by atoms with Crippen molar-refractivity contribution in [3.63, 3.8) is 0 Å². The van der Waals surface area contributed by atoms with Gasteiger partial charge in [0.25, 0.3) is 0 Å². The first-order valence-corrected chi connectivity index (χ1v) is 8.88. The van der Waals surface area contributed by atoms with Crippen LogP contribution >= 0.6 is 11.6 Å². The van der Waals surface area contributed by atoms with Gasteiger partial charge in [-0.3, -0.25) is 9.59 Å². The largest absolute Gasteiger partial charge is 0.370 e. The number of fused-ring (bicyclic) bond motifs is 2. The molecule has 4 aromatic heterocycles. The third kappa shape index (κ3) is 4.32. The van der Waals surface area contributed by atoms with Crippen LogP contribution in [0.4, 0.5) is 5.82 Å². The molecule has 0 spiro atoms. The molecule has 0 fully saturated rings. The third-order valence-corrected chi connectivity index (χ3v) is 3.91. The van der Waals surface area contributed by atoms with Crippen molar-refractivity contribution in [2.24, 2.45) is 5.92 Å². The summed E-state index contributed by atoms with van der Waals surface area (Å²) in [4.78, 5) is 29.5. The molecule has 0 aliphatic rings. The fraction of sp³-hybridized carbons (Fsp3) is 0.222. The Morgan fingerprint density at radius 3 is 2.14 bits per heavy atom. The minimum atomic E-state index is 0.353. The van der Waals surface area contributed by atoms with Gasteiger partial charge >= 0.3 is 0 Å². The maximum Gasteiger partial charge on any atom is 0.167 e. The highest BCUT2D eigenvalue weighted by Gasteiger charge is 2.05. The molecule has 0 atom stereocenters. The van der Waals surface area contributed by atoms with E-state index in [-0.39, 0.29) is 0 Å². The summed E-state index contributed by atoms with van der Waals surface area (Å²) in [6.07, 6.45) is 7.87. The molecule has 10 heteroatoms. The predicted octanol–water partition coefficient (Wildman–Crippen LogP) is 2.80. The molecule has 0 saturated heterocycles. The van der Waals surface area contributed by atoms with Gasteiger partial charge in [-0.15, -0.1) is 0 Å². The quantitative estimate of drug-likeness (QED) is 0.406. The summed E-state index contributed by atoms with van der Waals surface area (Å²) in [5.41, 5.74) is 2.02. The minimum absolute atomic E-state index is 0.353. The van der Waals surface area contributed by atoms with E-state index in [0.29, 0.717) is 39.8 Å². The van der Waals surface area contributed by atoms with Gasteiger partial charge in [0, 0.05) is 18.9 Å². The van der Waals surface area contributed by atoms with Crippen LogP contribution in [0.3, 0.4) is 0 Å². The number of aromatic nitrogens is 6. The zero-order valence-corrected chi connectivity index (χ0v) is 16.0. The fourth-order valence-electron chi connectivity index (χ4n) is 2.32. The summed E-state index contributed by atoms with van der Waals surface area (Å²) in [5, 5.41) is 11.5. The average Bonchev–Trinajstić information content (AvgIpc) is 3.29. The van der Waals surface area contributed by atoms with Gasteiger partial charge in [0.1, 0.15) is 11.0 Å². The summed E-state index contributed by atoms with van der Waals surface area (Å²) in [6, 6.07) is 3.45. The number of carbonyl (C=O) groups is 2. The monoisotopic (exact) mass is 399 g/mol. The number of anilines is 1. The molecule has 1 N–H and O–H groups in total. The number of hydrogen-bond acceptors (Lipinski definition) is 7. The summed E-state index contributed by atoms with van der Waals surface area (Å²) in [7, 11) is 0. The zero-order chi connectivity index (χ0) is 20.1. The summed E-state index contributed by atoms with van der Waals surface area (Å²) in [6.45, 7) is 5.11. The van der Waals surface area contributed by atoms with Gasteiger partial charge in [0.15, 0.2) is 23.9 Å². The van der Waals surface area contributed by atoms with E-state index in [1.54, 1.807) is 23.0 Å². The number of carbonyl (C=O) groups excluding carboxylic acids is 2. The van der Waals surface area contributed by atoms with Crippen molar-refractivity contribution in [1.82, 2.24) is 29.2 Å². The first kappa shape index (κ1) is 19.4. The molecule has 9 nitrogen and oxygen atoms in total. The van der Waals surface area contributed by atoms with Crippen LogP contribution in [-0.4, -0.2) is 48.3 Å². The third-order valence-electron chi connectivity index (χ3n) is 3.70. The lowest BCUT2D eigenvalue weighted by molar-refractivity contribution is 0.111. The van der Waals surface area contributed by atoms with E-state index < -0.39 is 0 Å². The highest BCUT2D eigenvalue weighted by molar-refractivity contribution is 6.29. The Kier molecular flexibility index (Phi) is 5.95. The van der Waals surface area contributed by atoms with E-state index in [9.17, 15) is 9.59 Å². The molecule has 0 aliphatic carbocycles. The topological polar surface area (TPSA) is 107 Å². The molecule has 144 valence electrons. The lowest BCUT2D eigenvalue weighted by Gasteiger charge is -2.07. The minimum Gasteiger partial charge on any atom is -0.370 e. The SMILES string of the molecule is CC(C)CNc1ccn2ncc(C=O)c2n1.O=Cc1cnn2ccc(Cl)nc12. The van der Waals surface area contributed by atoms with Gasteiger partial charge in [-0.25, -0.2) is 19.0 Å². The molecule has 0 aromatic carbocycles. The highest BCUT2D eigenvalue weighted by Crippen LogP contribution is 2.10. The number of hydrogen-bond donors (Lipinski definition) is 1. The Morgan fingerprint density at radius 2 is 1.57 bits per heavy atom. The first-order valence-electron chi connectivity index (χ1n) is 8.50. The molecule has 0 radical (unpaired) electrons. The first-order chi connectivity index (χ1) is 13.5. The van der Waals surface area contributed by atoms with Crippen molar-refractivity contribution in [3.05, 3.63) is 53.2 Å². The van der Waals surface area contributed by atoms with Crippen molar-refractivity contribution in [2.45, 2.75) is 13.8 Å². The number of nitrogens with zero attached hydrogens (tertiary/aromatic N) is 6. The summed E-state index contributed by atoms with van der Waals surface area (Å²) < 4.78 is 3.08.